The van der Waals surface area contributed by atoms with Gasteiger partial charge in [-0.3, -0.25) is 9.78 Å². The number of halogens is 1. The molecule has 2 aromatic heterocycles. The van der Waals surface area contributed by atoms with E-state index in [0.29, 0.717) is 18.9 Å². The van der Waals surface area contributed by atoms with E-state index >= 15 is 0 Å². The predicted octanol–water partition coefficient (Wildman–Crippen LogP) is 2.32. The zero-order valence-corrected chi connectivity index (χ0v) is 12.0. The highest BCUT2D eigenvalue weighted by atomic mass is 19.1. The van der Waals surface area contributed by atoms with Gasteiger partial charge in [-0.25, -0.2) is 9.37 Å². The van der Waals surface area contributed by atoms with E-state index in [1.54, 1.807) is 13.2 Å². The molecule has 5 nitrogen and oxygen atoms in total. The van der Waals surface area contributed by atoms with Gasteiger partial charge < -0.3 is 10.2 Å². The lowest BCUT2D eigenvalue weighted by atomic mass is 10.2. The fourth-order valence-corrected chi connectivity index (χ4v) is 1.92. The van der Waals surface area contributed by atoms with Gasteiger partial charge in [-0.1, -0.05) is 6.07 Å². The molecule has 6 heteroatoms. The second kappa shape index (κ2) is 6.78. The summed E-state index contributed by atoms with van der Waals surface area (Å²) >= 11 is 0. The van der Waals surface area contributed by atoms with Gasteiger partial charge in [-0.2, -0.15) is 0 Å². The lowest BCUT2D eigenvalue weighted by molar-refractivity contribution is 0.0783. The number of anilines is 1. The van der Waals surface area contributed by atoms with Crippen molar-refractivity contribution >= 4 is 11.7 Å². The minimum Gasteiger partial charge on any atom is -0.370 e. The van der Waals surface area contributed by atoms with E-state index in [1.807, 2.05) is 25.1 Å². The van der Waals surface area contributed by atoms with Crippen LogP contribution in [-0.2, 0) is 6.54 Å². The maximum absolute atomic E-state index is 13.4. The predicted molar refractivity (Wildman–Crippen MR) is 78.4 cm³/mol. The Kier molecular flexibility index (Phi) is 4.81. The average Bonchev–Trinajstić information content (AvgIpc) is 2.49. The third-order valence-electron chi connectivity index (χ3n) is 2.90. The standard InChI is InChI=1S/C15H17FN4O/c1-3-17-14-13(8-11(16)9-19-14)15(21)20(2)10-12-6-4-5-7-18-12/h4-9H,3,10H2,1-2H3,(H,17,19). The second-order valence-electron chi connectivity index (χ2n) is 4.56. The quantitative estimate of drug-likeness (QED) is 0.917. The molecule has 1 N–H and O–H groups in total. The van der Waals surface area contributed by atoms with Crippen molar-refractivity contribution in [3.05, 3.63) is 53.7 Å². The fraction of sp³-hybridized carbons (Fsp3) is 0.267. The van der Waals surface area contributed by atoms with Crippen molar-refractivity contribution in [3.63, 3.8) is 0 Å². The van der Waals surface area contributed by atoms with E-state index in [9.17, 15) is 9.18 Å². The molecular weight excluding hydrogens is 271 g/mol. The first kappa shape index (κ1) is 14.9. The highest BCUT2D eigenvalue weighted by Crippen LogP contribution is 2.16. The Morgan fingerprint density at radius 3 is 2.86 bits per heavy atom. The first-order valence-electron chi connectivity index (χ1n) is 6.66. The van der Waals surface area contributed by atoms with Crippen LogP contribution in [0.15, 0.2) is 36.7 Å². The zero-order valence-electron chi connectivity index (χ0n) is 12.0. The summed E-state index contributed by atoms with van der Waals surface area (Å²) in [6.07, 6.45) is 2.76. The smallest absolute Gasteiger partial charge is 0.257 e. The van der Waals surface area contributed by atoms with Crippen LogP contribution in [0.1, 0.15) is 23.0 Å². The Morgan fingerprint density at radius 1 is 1.38 bits per heavy atom. The Hall–Kier alpha value is -2.50. The summed E-state index contributed by atoms with van der Waals surface area (Å²) in [5.41, 5.74) is 0.984. The molecule has 0 saturated carbocycles. The zero-order chi connectivity index (χ0) is 15.2. The van der Waals surface area contributed by atoms with Crippen LogP contribution in [0.4, 0.5) is 10.2 Å². The molecule has 2 heterocycles. The van der Waals surface area contributed by atoms with Crippen LogP contribution in [-0.4, -0.2) is 34.4 Å². The average molecular weight is 288 g/mol. The van der Waals surface area contributed by atoms with Crippen LogP contribution in [0.3, 0.4) is 0 Å². The number of hydrogen-bond donors (Lipinski definition) is 1. The number of nitrogens with one attached hydrogen (secondary N) is 1. The van der Waals surface area contributed by atoms with Crippen molar-refractivity contribution in [3.8, 4) is 0 Å². The van der Waals surface area contributed by atoms with Crippen molar-refractivity contribution in [1.82, 2.24) is 14.9 Å². The highest BCUT2D eigenvalue weighted by molar-refractivity contribution is 5.98. The molecule has 0 aliphatic carbocycles. The maximum Gasteiger partial charge on any atom is 0.257 e. The summed E-state index contributed by atoms with van der Waals surface area (Å²) in [6.45, 7) is 2.83. The van der Waals surface area contributed by atoms with E-state index in [-0.39, 0.29) is 11.5 Å². The number of aromatic nitrogens is 2. The normalized spacial score (nSPS) is 10.2. The molecule has 21 heavy (non-hydrogen) atoms. The molecular formula is C15H17FN4O. The molecule has 0 saturated heterocycles. The largest absolute Gasteiger partial charge is 0.370 e. The van der Waals surface area contributed by atoms with Gasteiger partial charge in [0.1, 0.15) is 11.6 Å². The molecule has 0 fully saturated rings. The molecule has 0 spiro atoms. The summed E-state index contributed by atoms with van der Waals surface area (Å²) < 4.78 is 13.4. The molecule has 2 aromatic rings. The highest BCUT2D eigenvalue weighted by Gasteiger charge is 2.18. The number of hydrogen-bond acceptors (Lipinski definition) is 4. The number of nitrogens with zero attached hydrogens (tertiary/aromatic N) is 3. The topological polar surface area (TPSA) is 58.1 Å². The monoisotopic (exact) mass is 288 g/mol. The van der Waals surface area contributed by atoms with Crippen LogP contribution in [0, 0.1) is 5.82 Å². The first-order chi connectivity index (χ1) is 10.1. The molecule has 0 aliphatic rings. The number of carbonyl (C=O) groups excluding carboxylic acids is 1. The van der Waals surface area contributed by atoms with E-state index in [2.05, 4.69) is 15.3 Å². The molecule has 0 aliphatic heterocycles. The summed E-state index contributed by atoms with van der Waals surface area (Å²) in [5.74, 6) is -0.452. The molecule has 110 valence electrons. The summed E-state index contributed by atoms with van der Waals surface area (Å²) in [6, 6.07) is 6.70. The van der Waals surface area contributed by atoms with E-state index in [4.69, 9.17) is 0 Å². The first-order valence-corrected chi connectivity index (χ1v) is 6.66. The Labute approximate surface area is 122 Å². The molecule has 0 atom stereocenters. The van der Waals surface area contributed by atoms with Gasteiger partial charge in [-0.15, -0.1) is 0 Å². The second-order valence-corrected chi connectivity index (χ2v) is 4.56. The molecule has 0 aromatic carbocycles. The van der Waals surface area contributed by atoms with Gasteiger partial charge in [0.15, 0.2) is 0 Å². The molecule has 2 rings (SSSR count). The maximum atomic E-state index is 13.4. The van der Waals surface area contributed by atoms with Gasteiger partial charge in [-0.05, 0) is 25.1 Å². The SMILES string of the molecule is CCNc1ncc(F)cc1C(=O)N(C)Cc1ccccn1. The number of rotatable bonds is 5. The van der Waals surface area contributed by atoms with Crippen molar-refractivity contribution < 1.29 is 9.18 Å². The van der Waals surface area contributed by atoms with Gasteiger partial charge in [0, 0.05) is 19.8 Å². The molecule has 1 amide bonds. The lowest BCUT2D eigenvalue weighted by Gasteiger charge is -2.18. The van der Waals surface area contributed by atoms with Gasteiger partial charge in [0.05, 0.1) is 24.0 Å². The van der Waals surface area contributed by atoms with Crippen LogP contribution in [0.25, 0.3) is 0 Å². The van der Waals surface area contributed by atoms with E-state index in [1.165, 1.54) is 11.0 Å². The third-order valence-corrected chi connectivity index (χ3v) is 2.90. The van der Waals surface area contributed by atoms with Crippen molar-refractivity contribution in [2.24, 2.45) is 0 Å². The van der Waals surface area contributed by atoms with Crippen LogP contribution < -0.4 is 5.32 Å². The number of amides is 1. The fourth-order valence-electron chi connectivity index (χ4n) is 1.92. The minimum atomic E-state index is -0.536. The van der Waals surface area contributed by atoms with Gasteiger partial charge in [0.25, 0.3) is 5.91 Å². The summed E-state index contributed by atoms with van der Waals surface area (Å²) in [4.78, 5) is 22.0. The van der Waals surface area contributed by atoms with Crippen molar-refractivity contribution in [2.45, 2.75) is 13.5 Å². The van der Waals surface area contributed by atoms with Crippen LogP contribution in [0.5, 0.6) is 0 Å². The number of pyridine rings is 2. The van der Waals surface area contributed by atoms with E-state index in [0.717, 1.165) is 11.9 Å². The molecule has 0 bridgehead atoms. The van der Waals surface area contributed by atoms with Crippen molar-refractivity contribution in [2.75, 3.05) is 18.9 Å². The summed E-state index contributed by atoms with van der Waals surface area (Å²) in [7, 11) is 1.65. The third kappa shape index (κ3) is 3.75. The van der Waals surface area contributed by atoms with Crippen molar-refractivity contribution in [1.29, 1.82) is 0 Å². The number of carbonyl (C=O) groups is 1. The minimum absolute atomic E-state index is 0.218. The Bertz CT molecular complexity index is 618. The Balaban J connectivity index is 2.20. The summed E-state index contributed by atoms with van der Waals surface area (Å²) in [5, 5.41) is 2.96. The lowest BCUT2D eigenvalue weighted by Crippen LogP contribution is -2.28. The van der Waals surface area contributed by atoms with E-state index < -0.39 is 5.82 Å². The van der Waals surface area contributed by atoms with Crippen LogP contribution >= 0.6 is 0 Å². The molecule has 0 radical (unpaired) electrons. The Morgan fingerprint density at radius 2 is 2.19 bits per heavy atom. The van der Waals surface area contributed by atoms with Gasteiger partial charge in [0.2, 0.25) is 0 Å². The molecule has 0 unspecified atom stereocenters. The van der Waals surface area contributed by atoms with Gasteiger partial charge >= 0.3 is 0 Å². The van der Waals surface area contributed by atoms with Crippen LogP contribution in [0.2, 0.25) is 0 Å².